The molecule has 0 radical (unpaired) electrons. The average molecular weight is 368 g/mol. The van der Waals surface area contributed by atoms with Gasteiger partial charge in [-0.2, -0.15) is 4.98 Å². The van der Waals surface area contributed by atoms with Gasteiger partial charge in [0, 0.05) is 37.0 Å². The van der Waals surface area contributed by atoms with Crippen molar-refractivity contribution in [2.75, 3.05) is 13.1 Å². The molecule has 1 aliphatic heterocycles. The number of nitrogens with zero attached hydrogens (tertiary/aromatic N) is 4. The van der Waals surface area contributed by atoms with E-state index < -0.39 is 0 Å². The molecule has 2 fully saturated rings. The van der Waals surface area contributed by atoms with Gasteiger partial charge >= 0.3 is 0 Å². The van der Waals surface area contributed by atoms with Crippen LogP contribution in [0.15, 0.2) is 29.0 Å². The molecule has 6 heteroatoms. The molecule has 1 saturated carbocycles. The standard InChI is InChI=1S/C21H28N4O2/c1-2-3-5-15-7-9-16(10-8-15)21(26)25-13-18(14-25)20-23-19(24-27-20)17-6-4-11-22-12-17/h4,6,11-12,15-16,18H,2-3,5,7-10,13-14H2,1H3. The van der Waals surface area contributed by atoms with Gasteiger partial charge in [0.25, 0.3) is 0 Å². The zero-order valence-electron chi connectivity index (χ0n) is 16.0. The lowest BCUT2D eigenvalue weighted by Crippen LogP contribution is -2.51. The molecule has 1 aliphatic carbocycles. The fourth-order valence-corrected chi connectivity index (χ4v) is 4.28. The first-order valence-electron chi connectivity index (χ1n) is 10.3. The smallest absolute Gasteiger partial charge is 0.233 e. The Balaban J connectivity index is 1.26. The lowest BCUT2D eigenvalue weighted by molar-refractivity contribution is -0.141. The van der Waals surface area contributed by atoms with Crippen molar-refractivity contribution in [3.8, 4) is 11.4 Å². The number of hydrogen-bond donors (Lipinski definition) is 0. The van der Waals surface area contributed by atoms with Crippen molar-refractivity contribution >= 4 is 5.91 Å². The van der Waals surface area contributed by atoms with Gasteiger partial charge in [0.2, 0.25) is 17.6 Å². The van der Waals surface area contributed by atoms with Crippen LogP contribution in [0.1, 0.15) is 63.7 Å². The third-order valence-electron chi connectivity index (χ3n) is 6.07. The number of unbranched alkanes of at least 4 members (excludes halogenated alkanes) is 1. The molecule has 3 heterocycles. The molecule has 27 heavy (non-hydrogen) atoms. The quantitative estimate of drug-likeness (QED) is 0.769. The van der Waals surface area contributed by atoms with E-state index in [1.165, 1.54) is 32.1 Å². The Hall–Kier alpha value is -2.24. The molecule has 0 spiro atoms. The van der Waals surface area contributed by atoms with Crippen molar-refractivity contribution < 1.29 is 9.32 Å². The summed E-state index contributed by atoms with van der Waals surface area (Å²) in [6.07, 6.45) is 11.9. The predicted octanol–water partition coefficient (Wildman–Crippen LogP) is 4.05. The van der Waals surface area contributed by atoms with E-state index in [9.17, 15) is 4.79 Å². The number of rotatable bonds is 6. The number of pyridine rings is 1. The molecule has 0 atom stereocenters. The monoisotopic (exact) mass is 368 g/mol. The second-order valence-corrected chi connectivity index (χ2v) is 8.00. The van der Waals surface area contributed by atoms with Crippen LogP contribution in [0.5, 0.6) is 0 Å². The van der Waals surface area contributed by atoms with E-state index in [1.807, 2.05) is 17.0 Å². The van der Waals surface area contributed by atoms with E-state index in [4.69, 9.17) is 4.52 Å². The van der Waals surface area contributed by atoms with Crippen molar-refractivity contribution in [2.45, 2.75) is 57.8 Å². The minimum absolute atomic E-state index is 0.160. The molecule has 6 nitrogen and oxygen atoms in total. The van der Waals surface area contributed by atoms with Crippen LogP contribution in [-0.2, 0) is 4.79 Å². The Kier molecular flexibility index (Phi) is 5.50. The van der Waals surface area contributed by atoms with E-state index in [-0.39, 0.29) is 11.8 Å². The zero-order chi connectivity index (χ0) is 18.6. The van der Waals surface area contributed by atoms with Gasteiger partial charge in [0.1, 0.15) is 0 Å². The lowest BCUT2D eigenvalue weighted by Gasteiger charge is -2.40. The van der Waals surface area contributed by atoms with Crippen molar-refractivity contribution in [1.29, 1.82) is 0 Å². The molecule has 4 rings (SSSR count). The number of amides is 1. The summed E-state index contributed by atoms with van der Waals surface area (Å²) in [5.74, 6) is 2.73. The Bertz CT molecular complexity index is 747. The first-order valence-corrected chi connectivity index (χ1v) is 10.3. The number of carbonyl (C=O) groups is 1. The molecule has 144 valence electrons. The summed E-state index contributed by atoms with van der Waals surface area (Å²) in [6.45, 7) is 3.64. The van der Waals surface area contributed by atoms with E-state index in [1.54, 1.807) is 12.4 Å². The summed E-state index contributed by atoms with van der Waals surface area (Å²) >= 11 is 0. The highest BCUT2D eigenvalue weighted by molar-refractivity contribution is 5.80. The fraction of sp³-hybridized carbons (Fsp3) is 0.619. The summed E-state index contributed by atoms with van der Waals surface area (Å²) in [4.78, 5) is 23.3. The van der Waals surface area contributed by atoms with Gasteiger partial charge in [-0.05, 0) is 43.7 Å². The van der Waals surface area contributed by atoms with Crippen LogP contribution in [0, 0.1) is 11.8 Å². The van der Waals surface area contributed by atoms with E-state index >= 15 is 0 Å². The largest absolute Gasteiger partial charge is 0.341 e. The number of carbonyl (C=O) groups excluding carboxylic acids is 1. The normalized spacial score (nSPS) is 23.2. The SMILES string of the molecule is CCCCC1CCC(C(=O)N2CC(c3nc(-c4cccnc4)no3)C2)CC1. The van der Waals surface area contributed by atoms with Gasteiger partial charge in [-0.1, -0.05) is 31.3 Å². The van der Waals surface area contributed by atoms with Crippen LogP contribution in [0.25, 0.3) is 11.4 Å². The second kappa shape index (κ2) is 8.19. The molecular weight excluding hydrogens is 340 g/mol. The minimum atomic E-state index is 0.160. The van der Waals surface area contributed by atoms with E-state index in [0.29, 0.717) is 30.7 Å². The molecule has 2 aromatic rings. The second-order valence-electron chi connectivity index (χ2n) is 8.00. The Labute approximate surface area is 160 Å². The molecule has 0 bridgehead atoms. The van der Waals surface area contributed by atoms with Crippen LogP contribution in [0.2, 0.25) is 0 Å². The molecule has 2 aliphatic rings. The maximum atomic E-state index is 12.8. The third-order valence-corrected chi connectivity index (χ3v) is 6.07. The zero-order valence-corrected chi connectivity index (χ0v) is 16.0. The van der Waals surface area contributed by atoms with Crippen LogP contribution >= 0.6 is 0 Å². The highest BCUT2D eigenvalue weighted by Crippen LogP contribution is 2.35. The summed E-state index contributed by atoms with van der Waals surface area (Å²) < 4.78 is 5.42. The van der Waals surface area contributed by atoms with Crippen molar-refractivity contribution in [2.24, 2.45) is 11.8 Å². The van der Waals surface area contributed by atoms with Crippen molar-refractivity contribution in [3.63, 3.8) is 0 Å². The van der Waals surface area contributed by atoms with Gasteiger partial charge in [-0.25, -0.2) is 0 Å². The first kappa shape index (κ1) is 18.1. The molecule has 2 aromatic heterocycles. The van der Waals surface area contributed by atoms with E-state index in [0.717, 1.165) is 24.3 Å². The average Bonchev–Trinajstić information content (AvgIpc) is 3.16. The highest BCUT2D eigenvalue weighted by Gasteiger charge is 2.39. The third kappa shape index (κ3) is 4.04. The Morgan fingerprint density at radius 3 is 2.78 bits per heavy atom. The first-order chi connectivity index (χ1) is 13.2. The number of aromatic nitrogens is 3. The Morgan fingerprint density at radius 2 is 2.07 bits per heavy atom. The fourth-order valence-electron chi connectivity index (χ4n) is 4.28. The maximum Gasteiger partial charge on any atom is 0.233 e. The number of hydrogen-bond acceptors (Lipinski definition) is 5. The summed E-state index contributed by atoms with van der Waals surface area (Å²) in [5.41, 5.74) is 0.847. The van der Waals surface area contributed by atoms with Gasteiger partial charge in [-0.3, -0.25) is 9.78 Å². The van der Waals surface area contributed by atoms with Crippen LogP contribution in [-0.4, -0.2) is 39.0 Å². The van der Waals surface area contributed by atoms with Crippen LogP contribution < -0.4 is 0 Å². The molecular formula is C21H28N4O2. The topological polar surface area (TPSA) is 72.1 Å². The summed E-state index contributed by atoms with van der Waals surface area (Å²) in [7, 11) is 0. The highest BCUT2D eigenvalue weighted by atomic mass is 16.5. The van der Waals surface area contributed by atoms with E-state index in [2.05, 4.69) is 22.0 Å². The van der Waals surface area contributed by atoms with Gasteiger partial charge < -0.3 is 9.42 Å². The van der Waals surface area contributed by atoms with Crippen molar-refractivity contribution in [3.05, 3.63) is 30.4 Å². The predicted molar refractivity (Wildman–Crippen MR) is 102 cm³/mol. The van der Waals surface area contributed by atoms with Crippen molar-refractivity contribution in [1.82, 2.24) is 20.0 Å². The minimum Gasteiger partial charge on any atom is -0.341 e. The summed E-state index contributed by atoms with van der Waals surface area (Å²) in [5, 5.41) is 4.05. The van der Waals surface area contributed by atoms with Crippen LogP contribution in [0.3, 0.4) is 0 Å². The molecule has 0 N–H and O–H groups in total. The molecule has 1 saturated heterocycles. The van der Waals surface area contributed by atoms with Gasteiger partial charge in [-0.15, -0.1) is 0 Å². The molecule has 0 aromatic carbocycles. The molecule has 1 amide bonds. The lowest BCUT2D eigenvalue weighted by atomic mass is 9.78. The van der Waals surface area contributed by atoms with Gasteiger partial charge in [0.05, 0.1) is 5.92 Å². The molecule has 0 unspecified atom stereocenters. The number of likely N-dealkylation sites (tertiary alicyclic amines) is 1. The summed E-state index contributed by atoms with van der Waals surface area (Å²) in [6, 6.07) is 3.77. The maximum absolute atomic E-state index is 12.8. The van der Waals surface area contributed by atoms with Gasteiger partial charge in [0.15, 0.2) is 0 Å². The van der Waals surface area contributed by atoms with Crippen LogP contribution in [0.4, 0.5) is 0 Å². The Morgan fingerprint density at radius 1 is 1.26 bits per heavy atom.